The molecule has 0 saturated carbocycles. The third-order valence-corrected chi connectivity index (χ3v) is 12.5. The Balaban J connectivity index is 0.967. The Hall–Kier alpha value is -5.69. The molecule has 5 aromatic rings. The van der Waals surface area contributed by atoms with Gasteiger partial charge in [0.05, 0.1) is 41.4 Å². The number of anilines is 1. The van der Waals surface area contributed by atoms with Crippen LogP contribution in [0.5, 0.6) is 17.2 Å². The van der Waals surface area contributed by atoms with Crippen molar-refractivity contribution in [2.75, 3.05) is 38.0 Å². The number of phenols is 1. The van der Waals surface area contributed by atoms with Crippen molar-refractivity contribution in [3.05, 3.63) is 125 Å². The number of amides is 2. The second-order valence-electron chi connectivity index (χ2n) is 14.0. The molecule has 286 valence electrons. The van der Waals surface area contributed by atoms with Crippen molar-refractivity contribution in [3.8, 4) is 17.2 Å². The number of phenolic OH excluding ortho intramolecular Hbond substituents is 1. The summed E-state index contributed by atoms with van der Waals surface area (Å²) in [6.45, 7) is 0.968. The fourth-order valence-corrected chi connectivity index (χ4v) is 8.78. The van der Waals surface area contributed by atoms with Gasteiger partial charge in [-0.2, -0.15) is 0 Å². The van der Waals surface area contributed by atoms with E-state index in [-0.39, 0.29) is 47.4 Å². The minimum Gasteiger partial charge on any atom is -0.507 e. The number of sulfonamides is 1. The minimum atomic E-state index is -3.55. The summed E-state index contributed by atoms with van der Waals surface area (Å²) in [5.41, 5.74) is 6.05. The number of carbonyl (C=O) groups is 2. The molecule has 8 rings (SSSR count). The third kappa shape index (κ3) is 6.89. The molecule has 0 aliphatic carbocycles. The summed E-state index contributed by atoms with van der Waals surface area (Å²) in [6.07, 6.45) is 4.41. The van der Waals surface area contributed by atoms with Crippen LogP contribution in [0, 0.1) is 0 Å². The van der Waals surface area contributed by atoms with E-state index >= 15 is 0 Å². The average Bonchev–Trinajstić information content (AvgIpc) is 3.54. The molecule has 3 heterocycles. The first-order valence-electron chi connectivity index (χ1n) is 18.2. The van der Waals surface area contributed by atoms with Crippen LogP contribution in [-0.2, 0) is 27.8 Å². The predicted octanol–water partition coefficient (Wildman–Crippen LogP) is 6.97. The molecule has 0 spiro atoms. The van der Waals surface area contributed by atoms with E-state index in [1.807, 2.05) is 54.6 Å². The van der Waals surface area contributed by atoms with Gasteiger partial charge in [-0.25, -0.2) is 13.1 Å². The van der Waals surface area contributed by atoms with Crippen LogP contribution in [0.3, 0.4) is 0 Å². The number of aromatic hydroxyl groups is 1. The third-order valence-electron chi connectivity index (χ3n) is 10.7. The highest BCUT2D eigenvalue weighted by Gasteiger charge is 2.35. The topological polar surface area (TPSA) is 138 Å². The number of aliphatic imine (C=N–C) groups is 1. The van der Waals surface area contributed by atoms with Gasteiger partial charge in [-0.15, -0.1) is 11.6 Å². The number of halogens is 1. The van der Waals surface area contributed by atoms with Crippen LogP contribution < -0.4 is 19.1 Å². The molecule has 3 aliphatic rings. The molecule has 0 unspecified atom stereocenters. The summed E-state index contributed by atoms with van der Waals surface area (Å²) in [7, 11) is -0.658. The standard InChI is InChI=1S/C43H39ClN4O7S/c1-45-56(52,53)32-12-10-28(11-13-32)29-14-15-47-31(18-29)23-46-36-20-40(39(54-2)19-35(36)43(47)51)55-25-27-7-5-6-26(16-27)17-41(50)48-24-30(22-44)42-34-9-4-3-8-33(34)38(49)21-37(42)48/h3-14,16,19-21,23,30-31,45,49H,15,17-18,22,24-25H2,1-2H3/t30-,31+/m1/s1. The van der Waals surface area contributed by atoms with E-state index in [9.17, 15) is 23.1 Å². The van der Waals surface area contributed by atoms with Crippen molar-refractivity contribution < 1.29 is 32.6 Å². The van der Waals surface area contributed by atoms with Gasteiger partial charge in [0.1, 0.15) is 12.4 Å². The van der Waals surface area contributed by atoms with Crippen LogP contribution in [0.15, 0.2) is 107 Å². The second kappa shape index (κ2) is 15.1. The zero-order valence-electron chi connectivity index (χ0n) is 30.7. The maximum Gasteiger partial charge on any atom is 0.257 e. The van der Waals surface area contributed by atoms with E-state index in [1.165, 1.54) is 14.2 Å². The summed E-state index contributed by atoms with van der Waals surface area (Å²) in [6, 6.07) is 26.7. The van der Waals surface area contributed by atoms with Crippen molar-refractivity contribution in [2.24, 2.45) is 4.99 Å². The van der Waals surface area contributed by atoms with Gasteiger partial charge in [0.25, 0.3) is 5.91 Å². The molecule has 2 atom stereocenters. The van der Waals surface area contributed by atoms with Crippen LogP contribution in [0.1, 0.15) is 45.0 Å². The highest BCUT2D eigenvalue weighted by atomic mass is 35.5. The summed E-state index contributed by atoms with van der Waals surface area (Å²) < 4.78 is 38.6. The number of carbonyl (C=O) groups excluding carboxylic acids is 2. The monoisotopic (exact) mass is 790 g/mol. The smallest absolute Gasteiger partial charge is 0.257 e. The van der Waals surface area contributed by atoms with Gasteiger partial charge < -0.3 is 24.4 Å². The van der Waals surface area contributed by atoms with E-state index < -0.39 is 10.0 Å². The van der Waals surface area contributed by atoms with E-state index in [1.54, 1.807) is 58.5 Å². The molecule has 0 radical (unpaired) electrons. The van der Waals surface area contributed by atoms with Gasteiger partial charge in [-0.05, 0) is 64.9 Å². The van der Waals surface area contributed by atoms with Crippen molar-refractivity contribution in [1.82, 2.24) is 9.62 Å². The fourth-order valence-electron chi connectivity index (χ4n) is 7.80. The van der Waals surface area contributed by atoms with Crippen LogP contribution in [0.4, 0.5) is 11.4 Å². The molecule has 56 heavy (non-hydrogen) atoms. The number of ether oxygens (including phenoxy) is 2. The van der Waals surface area contributed by atoms with Crippen molar-refractivity contribution >= 4 is 67.4 Å². The van der Waals surface area contributed by atoms with Crippen molar-refractivity contribution in [3.63, 3.8) is 0 Å². The number of nitrogens with one attached hydrogen (secondary N) is 1. The number of rotatable bonds is 10. The number of nitrogens with zero attached hydrogens (tertiary/aromatic N) is 3. The Labute approximate surface area is 329 Å². The summed E-state index contributed by atoms with van der Waals surface area (Å²) in [5, 5.41) is 12.4. The molecule has 0 saturated heterocycles. The molecule has 5 aromatic carbocycles. The fraction of sp³-hybridized carbons (Fsp3) is 0.233. The van der Waals surface area contributed by atoms with Crippen LogP contribution in [-0.4, -0.2) is 75.6 Å². The van der Waals surface area contributed by atoms with E-state index in [0.29, 0.717) is 53.8 Å². The lowest BCUT2D eigenvalue weighted by molar-refractivity contribution is -0.117. The van der Waals surface area contributed by atoms with Gasteiger partial charge >= 0.3 is 0 Å². The Bertz CT molecular complexity index is 2560. The van der Waals surface area contributed by atoms with Crippen molar-refractivity contribution in [1.29, 1.82) is 0 Å². The molecule has 0 fully saturated rings. The predicted molar refractivity (Wildman–Crippen MR) is 217 cm³/mol. The molecular weight excluding hydrogens is 752 g/mol. The zero-order chi connectivity index (χ0) is 39.1. The van der Waals surface area contributed by atoms with Crippen LogP contribution >= 0.6 is 11.6 Å². The molecule has 13 heteroatoms. The highest BCUT2D eigenvalue weighted by molar-refractivity contribution is 7.89. The number of fused-ring (bicyclic) bond motifs is 5. The van der Waals surface area contributed by atoms with Crippen LogP contribution in [0.25, 0.3) is 16.3 Å². The molecule has 2 N–H and O–H groups in total. The maximum atomic E-state index is 13.9. The number of hydrogen-bond acceptors (Lipinski definition) is 8. The quantitative estimate of drug-likeness (QED) is 0.146. The average molecular weight is 791 g/mol. The van der Waals surface area contributed by atoms with E-state index in [2.05, 4.69) is 4.72 Å². The number of hydrogen-bond donors (Lipinski definition) is 2. The van der Waals surface area contributed by atoms with Crippen LogP contribution in [0.2, 0.25) is 0 Å². The SMILES string of the molecule is CNS(=O)(=O)c1ccc(C2=CCN3C(=O)c4cc(OC)c(OCc5cccc(CC(=O)N6C[C@@H](CCl)c7c6cc(O)c6ccccc76)c5)cc4N=C[C@@H]3C2)cc1. The van der Waals surface area contributed by atoms with Gasteiger partial charge in [0.2, 0.25) is 15.9 Å². The summed E-state index contributed by atoms with van der Waals surface area (Å²) >= 11 is 6.39. The molecule has 11 nitrogen and oxygen atoms in total. The first-order valence-corrected chi connectivity index (χ1v) is 20.2. The second-order valence-corrected chi connectivity index (χ2v) is 16.2. The maximum absolute atomic E-state index is 13.9. The number of benzene rings is 5. The molecule has 0 aromatic heterocycles. The molecule has 3 aliphatic heterocycles. The van der Waals surface area contributed by atoms with E-state index in [0.717, 1.165) is 38.6 Å². The largest absolute Gasteiger partial charge is 0.507 e. The summed E-state index contributed by atoms with van der Waals surface area (Å²) in [5.74, 6) is 0.949. The van der Waals surface area contributed by atoms with Crippen molar-refractivity contribution in [2.45, 2.75) is 36.3 Å². The van der Waals surface area contributed by atoms with Gasteiger partial charge in [0.15, 0.2) is 11.5 Å². The van der Waals surface area contributed by atoms with Gasteiger partial charge in [-0.3, -0.25) is 14.6 Å². The van der Waals surface area contributed by atoms with E-state index in [4.69, 9.17) is 26.1 Å². The lowest BCUT2D eigenvalue weighted by Crippen LogP contribution is -2.43. The Morgan fingerprint density at radius 3 is 2.50 bits per heavy atom. The highest BCUT2D eigenvalue weighted by Crippen LogP contribution is 2.45. The molecule has 0 bridgehead atoms. The number of methoxy groups -OCH3 is 1. The minimum absolute atomic E-state index is 0.0527. The lowest BCUT2D eigenvalue weighted by atomic mass is 9.94. The zero-order valence-corrected chi connectivity index (χ0v) is 32.3. The lowest BCUT2D eigenvalue weighted by Gasteiger charge is -2.32. The van der Waals surface area contributed by atoms with Gasteiger partial charge in [-0.1, -0.05) is 66.7 Å². The molecular formula is C43H39ClN4O7S. The first kappa shape index (κ1) is 37.2. The normalized spacial score (nSPS) is 17.6. The Kier molecular flexibility index (Phi) is 10.0. The number of alkyl halides is 1. The first-order chi connectivity index (χ1) is 27.1. The molecule has 2 amide bonds. The van der Waals surface area contributed by atoms with Gasteiger partial charge in [0, 0.05) is 48.6 Å². The summed E-state index contributed by atoms with van der Waals surface area (Å²) in [4.78, 5) is 36.0. The Morgan fingerprint density at radius 2 is 1.75 bits per heavy atom. The Morgan fingerprint density at radius 1 is 0.982 bits per heavy atom.